The van der Waals surface area contributed by atoms with Gasteiger partial charge in [-0.3, -0.25) is 0 Å². The molecular weight excluding hydrogens is 563 g/mol. The maximum Gasteiger partial charge on any atom is 0.647 e. The largest absolute Gasteiger partial charge is 0.647 e. The molecule has 242 valence electrons. The third kappa shape index (κ3) is 14.4. The zero-order valence-electron chi connectivity index (χ0n) is 27.7. The van der Waals surface area contributed by atoms with Gasteiger partial charge in [0.15, 0.2) is 0 Å². The van der Waals surface area contributed by atoms with Crippen LogP contribution >= 0.6 is 7.82 Å². The van der Waals surface area contributed by atoms with E-state index in [0.717, 1.165) is 19.3 Å². The van der Waals surface area contributed by atoms with E-state index in [2.05, 4.69) is 20.8 Å². The van der Waals surface area contributed by atoms with E-state index in [-0.39, 0.29) is 0 Å². The van der Waals surface area contributed by atoms with E-state index in [1.165, 1.54) is 113 Å². The predicted octanol–water partition coefficient (Wildman–Crippen LogP) is 12.9. The van der Waals surface area contributed by atoms with Crippen molar-refractivity contribution in [3.63, 3.8) is 0 Å². The van der Waals surface area contributed by atoms with Crippen LogP contribution < -0.4 is 13.6 Å². The molecular formula is C39H57O4P. The van der Waals surface area contributed by atoms with Gasteiger partial charge in [-0.05, 0) is 91.6 Å². The fraction of sp³-hybridized carbons (Fsp3) is 0.538. The molecule has 3 aromatic rings. The molecule has 0 aliphatic rings. The van der Waals surface area contributed by atoms with Crippen molar-refractivity contribution < 1.29 is 18.1 Å². The van der Waals surface area contributed by atoms with Crippen molar-refractivity contribution in [2.24, 2.45) is 0 Å². The lowest BCUT2D eigenvalue weighted by atomic mass is 10.1. The van der Waals surface area contributed by atoms with Crippen molar-refractivity contribution in [1.29, 1.82) is 0 Å². The van der Waals surface area contributed by atoms with Crippen LogP contribution in [0.5, 0.6) is 17.2 Å². The van der Waals surface area contributed by atoms with E-state index in [9.17, 15) is 4.57 Å². The van der Waals surface area contributed by atoms with E-state index in [0.29, 0.717) is 17.2 Å². The SMILES string of the molecule is CCCCCCCc1ccc(OP(=O)(Oc2ccc(CCCCCCC)cc2)Oc2ccc(CCCCCCC)cc2)cc1. The number of phosphoric ester groups is 1. The van der Waals surface area contributed by atoms with Gasteiger partial charge >= 0.3 is 7.82 Å². The van der Waals surface area contributed by atoms with Gasteiger partial charge in [-0.25, -0.2) is 0 Å². The highest BCUT2D eigenvalue weighted by Crippen LogP contribution is 2.50. The Morgan fingerprint density at radius 2 is 0.636 bits per heavy atom. The highest BCUT2D eigenvalue weighted by atomic mass is 31.2. The number of hydrogen-bond donors (Lipinski definition) is 0. The molecule has 4 nitrogen and oxygen atoms in total. The van der Waals surface area contributed by atoms with Gasteiger partial charge in [0.2, 0.25) is 0 Å². The fourth-order valence-electron chi connectivity index (χ4n) is 5.39. The molecule has 0 radical (unpaired) electrons. The van der Waals surface area contributed by atoms with Crippen LogP contribution in [-0.2, 0) is 23.8 Å². The van der Waals surface area contributed by atoms with E-state index in [1.54, 1.807) is 0 Å². The van der Waals surface area contributed by atoms with Gasteiger partial charge in [-0.1, -0.05) is 134 Å². The Morgan fingerprint density at radius 1 is 0.386 bits per heavy atom. The fourth-order valence-corrected chi connectivity index (χ4v) is 6.64. The first-order valence-corrected chi connectivity index (χ1v) is 18.9. The van der Waals surface area contributed by atoms with Crippen LogP contribution in [-0.4, -0.2) is 0 Å². The monoisotopic (exact) mass is 620 g/mol. The minimum absolute atomic E-state index is 0.468. The summed E-state index contributed by atoms with van der Waals surface area (Å²) >= 11 is 0. The zero-order valence-corrected chi connectivity index (χ0v) is 28.6. The standard InChI is InChI=1S/C39H57O4P/c1-4-7-10-13-16-19-34-22-28-37(29-23-34)41-44(40,42-38-30-24-35(25-31-38)20-17-14-11-8-5-2)43-39-32-26-36(27-33-39)21-18-15-12-9-6-3/h22-33H,4-21H2,1-3H3. The molecule has 0 bridgehead atoms. The first kappa shape index (κ1) is 35.8. The molecule has 0 fully saturated rings. The molecule has 0 spiro atoms. The third-order valence-corrected chi connectivity index (χ3v) is 9.43. The Hall–Kier alpha value is -2.71. The molecule has 3 rings (SSSR count). The average Bonchev–Trinajstić information content (AvgIpc) is 3.03. The predicted molar refractivity (Wildman–Crippen MR) is 186 cm³/mol. The number of rotatable bonds is 24. The smallest absolute Gasteiger partial charge is 0.386 e. The maximum absolute atomic E-state index is 14.1. The molecule has 5 heteroatoms. The van der Waals surface area contributed by atoms with Crippen molar-refractivity contribution in [1.82, 2.24) is 0 Å². The number of aryl methyl sites for hydroxylation is 3. The minimum Gasteiger partial charge on any atom is -0.386 e. The number of unbranched alkanes of at least 4 members (excludes halogenated alkanes) is 12. The quantitative estimate of drug-likeness (QED) is 0.0738. The lowest BCUT2D eigenvalue weighted by molar-refractivity contribution is 0.298. The summed E-state index contributed by atoms with van der Waals surface area (Å²) in [7, 11) is -4.03. The Labute approximate surface area is 268 Å². The molecule has 0 saturated carbocycles. The van der Waals surface area contributed by atoms with Gasteiger partial charge in [0.05, 0.1) is 0 Å². The maximum atomic E-state index is 14.1. The van der Waals surface area contributed by atoms with Crippen LogP contribution in [0.1, 0.15) is 134 Å². The van der Waals surface area contributed by atoms with Crippen LogP contribution in [0.25, 0.3) is 0 Å². The van der Waals surface area contributed by atoms with Gasteiger partial charge < -0.3 is 13.6 Å². The Bertz CT molecular complexity index is 1040. The molecule has 0 unspecified atom stereocenters. The highest BCUT2D eigenvalue weighted by Gasteiger charge is 2.33. The van der Waals surface area contributed by atoms with E-state index < -0.39 is 7.82 Å². The van der Waals surface area contributed by atoms with E-state index in [1.807, 2.05) is 72.8 Å². The summed E-state index contributed by atoms with van der Waals surface area (Å²) in [5.74, 6) is 1.40. The van der Waals surface area contributed by atoms with Crippen LogP contribution in [0.3, 0.4) is 0 Å². The summed E-state index contributed by atoms with van der Waals surface area (Å²) in [5, 5.41) is 0. The van der Waals surface area contributed by atoms with Crippen molar-refractivity contribution in [2.75, 3.05) is 0 Å². The van der Waals surface area contributed by atoms with Crippen molar-refractivity contribution >= 4 is 7.82 Å². The zero-order chi connectivity index (χ0) is 31.3. The van der Waals surface area contributed by atoms with Crippen LogP contribution in [0.2, 0.25) is 0 Å². The summed E-state index contributed by atoms with van der Waals surface area (Å²) in [4.78, 5) is 0. The molecule has 0 amide bonds. The van der Waals surface area contributed by atoms with Crippen molar-refractivity contribution in [3.05, 3.63) is 89.5 Å². The molecule has 0 aliphatic carbocycles. The van der Waals surface area contributed by atoms with Gasteiger partial charge in [-0.15, -0.1) is 0 Å². The molecule has 44 heavy (non-hydrogen) atoms. The Morgan fingerprint density at radius 3 is 0.886 bits per heavy atom. The summed E-state index contributed by atoms with van der Waals surface area (Å²) in [6.07, 6.45) is 21.9. The third-order valence-electron chi connectivity index (χ3n) is 8.13. The van der Waals surface area contributed by atoms with E-state index in [4.69, 9.17) is 13.6 Å². The van der Waals surface area contributed by atoms with Crippen LogP contribution in [0.4, 0.5) is 0 Å². The second-order valence-electron chi connectivity index (χ2n) is 12.1. The summed E-state index contributed by atoms with van der Waals surface area (Å²) in [5.41, 5.74) is 3.75. The summed E-state index contributed by atoms with van der Waals surface area (Å²) in [6, 6.07) is 23.5. The normalized spacial score (nSPS) is 11.4. The first-order chi connectivity index (χ1) is 21.5. The molecule has 3 aromatic carbocycles. The average molecular weight is 621 g/mol. The van der Waals surface area contributed by atoms with Gasteiger partial charge in [0, 0.05) is 0 Å². The van der Waals surface area contributed by atoms with Crippen molar-refractivity contribution in [3.8, 4) is 17.2 Å². The van der Waals surface area contributed by atoms with Crippen LogP contribution in [0.15, 0.2) is 72.8 Å². The summed E-state index contributed by atoms with van der Waals surface area (Å²) in [6.45, 7) is 6.71. The van der Waals surface area contributed by atoms with Gasteiger partial charge in [0.1, 0.15) is 17.2 Å². The van der Waals surface area contributed by atoms with Gasteiger partial charge in [0.25, 0.3) is 0 Å². The van der Waals surface area contributed by atoms with E-state index >= 15 is 0 Å². The van der Waals surface area contributed by atoms with Gasteiger partial charge in [-0.2, -0.15) is 4.57 Å². The highest BCUT2D eigenvalue weighted by molar-refractivity contribution is 7.49. The van der Waals surface area contributed by atoms with Crippen molar-refractivity contribution in [2.45, 2.75) is 136 Å². The molecule has 0 atom stereocenters. The Balaban J connectivity index is 1.65. The number of phosphoric acid groups is 1. The summed E-state index contributed by atoms with van der Waals surface area (Å²) < 4.78 is 32.1. The van der Waals surface area contributed by atoms with Crippen LogP contribution in [0, 0.1) is 0 Å². The molecule has 0 aliphatic heterocycles. The number of hydrogen-bond acceptors (Lipinski definition) is 4. The lowest BCUT2D eigenvalue weighted by Gasteiger charge is -2.20. The molecule has 0 N–H and O–H groups in total. The number of benzene rings is 3. The second-order valence-corrected chi connectivity index (χ2v) is 13.6. The first-order valence-electron chi connectivity index (χ1n) is 17.5. The lowest BCUT2D eigenvalue weighted by Crippen LogP contribution is -2.08. The second kappa shape index (κ2) is 21.1. The Kier molecular flexibility index (Phi) is 17.2. The molecule has 0 aromatic heterocycles. The topological polar surface area (TPSA) is 44.8 Å². The molecule has 0 heterocycles. The minimum atomic E-state index is -4.03. The molecule has 0 saturated heterocycles.